The van der Waals surface area contributed by atoms with Crippen LogP contribution in [-0.4, -0.2) is 48.6 Å². The molecule has 2 rings (SSSR count). The van der Waals surface area contributed by atoms with Crippen molar-refractivity contribution >= 4 is 0 Å². The van der Waals surface area contributed by atoms with Crippen LogP contribution in [0.4, 0.5) is 0 Å². The second-order valence-corrected chi connectivity index (χ2v) is 4.59. The minimum atomic E-state index is 0.598. The Morgan fingerprint density at radius 3 is 2.94 bits per heavy atom. The Morgan fingerprint density at radius 2 is 2.24 bits per heavy atom. The summed E-state index contributed by atoms with van der Waals surface area (Å²) < 4.78 is 0. The molecule has 94 valence electrons. The summed E-state index contributed by atoms with van der Waals surface area (Å²) in [5, 5.41) is 6.85. The minimum Gasteiger partial charge on any atom is -0.314 e. The van der Waals surface area contributed by atoms with Gasteiger partial charge in [-0.05, 0) is 19.1 Å². The van der Waals surface area contributed by atoms with Crippen molar-refractivity contribution in [1.82, 2.24) is 20.5 Å². The van der Waals surface area contributed by atoms with E-state index in [-0.39, 0.29) is 0 Å². The molecular weight excluding hydrogens is 212 g/mol. The summed E-state index contributed by atoms with van der Waals surface area (Å²) in [4.78, 5) is 6.83. The molecule has 1 atom stereocenters. The first kappa shape index (κ1) is 12.5. The number of hydrogen-bond donors (Lipinski definition) is 2. The van der Waals surface area contributed by atoms with Crippen molar-refractivity contribution in [3.8, 4) is 0 Å². The summed E-state index contributed by atoms with van der Waals surface area (Å²) in [5.41, 5.74) is 1.11. The van der Waals surface area contributed by atoms with Crippen molar-refractivity contribution in [1.29, 1.82) is 0 Å². The van der Waals surface area contributed by atoms with Crippen LogP contribution < -0.4 is 10.6 Å². The van der Waals surface area contributed by atoms with E-state index < -0.39 is 0 Å². The summed E-state index contributed by atoms with van der Waals surface area (Å²) in [7, 11) is 0. The first-order valence-electron chi connectivity index (χ1n) is 6.41. The molecule has 0 saturated carbocycles. The third kappa shape index (κ3) is 4.07. The molecule has 1 aliphatic rings. The monoisotopic (exact) mass is 234 g/mol. The number of nitrogens with one attached hydrogen (secondary N) is 2. The van der Waals surface area contributed by atoms with E-state index in [0.717, 1.165) is 45.0 Å². The van der Waals surface area contributed by atoms with Gasteiger partial charge in [-0.3, -0.25) is 9.88 Å². The Hall–Kier alpha value is -0.970. The lowest BCUT2D eigenvalue weighted by atomic mass is 10.2. The maximum atomic E-state index is 4.30. The second kappa shape index (κ2) is 6.69. The van der Waals surface area contributed by atoms with Gasteiger partial charge >= 0.3 is 0 Å². The molecule has 2 N–H and O–H groups in total. The first-order valence-corrected chi connectivity index (χ1v) is 6.41. The van der Waals surface area contributed by atoms with E-state index in [1.54, 1.807) is 0 Å². The quantitative estimate of drug-likeness (QED) is 0.777. The maximum Gasteiger partial charge on any atom is 0.0541 e. The fraction of sp³-hybridized carbons (Fsp3) is 0.615. The summed E-state index contributed by atoms with van der Waals surface area (Å²) in [6.07, 6.45) is 1.84. The van der Waals surface area contributed by atoms with Crippen LogP contribution in [0.25, 0.3) is 0 Å². The predicted molar refractivity (Wildman–Crippen MR) is 69.8 cm³/mol. The fourth-order valence-electron chi connectivity index (χ4n) is 2.16. The number of nitrogens with zero attached hydrogens (tertiary/aromatic N) is 2. The van der Waals surface area contributed by atoms with Crippen LogP contribution in [0, 0.1) is 0 Å². The Balaban J connectivity index is 1.67. The lowest BCUT2D eigenvalue weighted by Gasteiger charge is -2.32. The van der Waals surface area contributed by atoms with Gasteiger partial charge in [-0.2, -0.15) is 0 Å². The van der Waals surface area contributed by atoms with Gasteiger partial charge in [0.1, 0.15) is 0 Å². The molecule has 0 radical (unpaired) electrons. The smallest absolute Gasteiger partial charge is 0.0541 e. The molecule has 0 amide bonds. The summed E-state index contributed by atoms with van der Waals surface area (Å²) in [6.45, 7) is 8.72. The topological polar surface area (TPSA) is 40.2 Å². The van der Waals surface area contributed by atoms with Crippen molar-refractivity contribution in [2.75, 3.05) is 32.7 Å². The summed E-state index contributed by atoms with van der Waals surface area (Å²) >= 11 is 0. The molecule has 1 aliphatic heterocycles. The molecule has 2 heterocycles. The molecule has 1 aromatic rings. The number of aromatic nitrogens is 1. The number of rotatable bonds is 5. The first-order chi connectivity index (χ1) is 8.36. The van der Waals surface area contributed by atoms with Gasteiger partial charge in [-0.15, -0.1) is 0 Å². The van der Waals surface area contributed by atoms with Crippen LogP contribution in [0.2, 0.25) is 0 Å². The number of pyridine rings is 1. The summed E-state index contributed by atoms with van der Waals surface area (Å²) in [6, 6.07) is 6.64. The highest BCUT2D eigenvalue weighted by Crippen LogP contribution is 2.00. The van der Waals surface area contributed by atoms with Gasteiger partial charge in [0.05, 0.1) is 5.69 Å². The van der Waals surface area contributed by atoms with Gasteiger partial charge in [0.15, 0.2) is 0 Å². The maximum absolute atomic E-state index is 4.30. The van der Waals surface area contributed by atoms with Gasteiger partial charge in [0.2, 0.25) is 0 Å². The van der Waals surface area contributed by atoms with E-state index in [2.05, 4.69) is 33.5 Å². The normalized spacial score (nSPS) is 19.1. The van der Waals surface area contributed by atoms with E-state index in [1.165, 1.54) is 0 Å². The number of hydrogen-bond acceptors (Lipinski definition) is 4. The standard InChI is InChI=1S/C13H22N4/c1-12(17-8-6-14-7-9-17)10-15-11-13-4-2-3-5-16-13/h2-5,12,14-15H,6-11H2,1H3. The molecule has 4 nitrogen and oxygen atoms in total. The van der Waals surface area contributed by atoms with E-state index in [1.807, 2.05) is 18.3 Å². The van der Waals surface area contributed by atoms with Gasteiger partial charge in [-0.25, -0.2) is 0 Å². The highest BCUT2D eigenvalue weighted by Gasteiger charge is 2.15. The van der Waals surface area contributed by atoms with Crippen LogP contribution in [0.15, 0.2) is 24.4 Å². The molecule has 1 unspecified atom stereocenters. The zero-order valence-corrected chi connectivity index (χ0v) is 10.5. The molecule has 1 fully saturated rings. The molecule has 0 aliphatic carbocycles. The van der Waals surface area contributed by atoms with Crippen LogP contribution in [0.5, 0.6) is 0 Å². The van der Waals surface area contributed by atoms with Crippen LogP contribution >= 0.6 is 0 Å². The minimum absolute atomic E-state index is 0.598. The van der Waals surface area contributed by atoms with Crippen LogP contribution in [0.3, 0.4) is 0 Å². The van der Waals surface area contributed by atoms with Crippen LogP contribution in [0.1, 0.15) is 12.6 Å². The third-order valence-electron chi connectivity index (χ3n) is 3.25. The molecule has 17 heavy (non-hydrogen) atoms. The van der Waals surface area contributed by atoms with Gasteiger partial charge in [0, 0.05) is 51.5 Å². The lowest BCUT2D eigenvalue weighted by Crippen LogP contribution is -2.50. The van der Waals surface area contributed by atoms with E-state index in [9.17, 15) is 0 Å². The molecule has 0 aromatic carbocycles. The zero-order valence-electron chi connectivity index (χ0n) is 10.5. The molecule has 0 bridgehead atoms. The second-order valence-electron chi connectivity index (χ2n) is 4.59. The molecule has 1 saturated heterocycles. The van der Waals surface area contributed by atoms with Crippen molar-refractivity contribution in [2.24, 2.45) is 0 Å². The largest absolute Gasteiger partial charge is 0.314 e. The average molecular weight is 234 g/mol. The van der Waals surface area contributed by atoms with E-state index >= 15 is 0 Å². The number of piperazine rings is 1. The Labute approximate surface area is 103 Å². The van der Waals surface area contributed by atoms with Crippen LogP contribution in [-0.2, 0) is 6.54 Å². The molecule has 1 aromatic heterocycles. The average Bonchev–Trinajstić information content (AvgIpc) is 2.41. The highest BCUT2D eigenvalue weighted by atomic mass is 15.2. The Bertz CT molecular complexity index is 308. The van der Waals surface area contributed by atoms with Crippen molar-refractivity contribution in [3.05, 3.63) is 30.1 Å². The van der Waals surface area contributed by atoms with Crippen molar-refractivity contribution in [2.45, 2.75) is 19.5 Å². The SMILES string of the molecule is CC(CNCc1ccccn1)N1CCNCC1. The summed E-state index contributed by atoms with van der Waals surface area (Å²) in [5.74, 6) is 0. The Morgan fingerprint density at radius 1 is 1.41 bits per heavy atom. The van der Waals surface area contributed by atoms with Crippen molar-refractivity contribution < 1.29 is 0 Å². The van der Waals surface area contributed by atoms with Gasteiger partial charge < -0.3 is 10.6 Å². The third-order valence-corrected chi connectivity index (χ3v) is 3.25. The van der Waals surface area contributed by atoms with Gasteiger partial charge in [-0.1, -0.05) is 6.07 Å². The van der Waals surface area contributed by atoms with E-state index in [0.29, 0.717) is 6.04 Å². The molecular formula is C13H22N4. The predicted octanol–water partition coefficient (Wildman–Crippen LogP) is 0.465. The Kier molecular flexibility index (Phi) is 4.91. The molecule has 4 heteroatoms. The lowest BCUT2D eigenvalue weighted by molar-refractivity contribution is 0.180. The zero-order chi connectivity index (χ0) is 11.9. The highest BCUT2D eigenvalue weighted by molar-refractivity contribution is 5.02. The molecule has 0 spiro atoms. The fourth-order valence-corrected chi connectivity index (χ4v) is 2.16. The van der Waals surface area contributed by atoms with Gasteiger partial charge in [0.25, 0.3) is 0 Å². The van der Waals surface area contributed by atoms with Crippen molar-refractivity contribution in [3.63, 3.8) is 0 Å². The van der Waals surface area contributed by atoms with E-state index in [4.69, 9.17) is 0 Å².